The summed E-state index contributed by atoms with van der Waals surface area (Å²) in [6.45, 7) is 3.01. The third kappa shape index (κ3) is 2.06. The number of aromatic nitrogens is 2. The average molecular weight is 354 g/mol. The Morgan fingerprint density at radius 3 is 2.68 bits per heavy atom. The van der Waals surface area contributed by atoms with E-state index in [1.807, 2.05) is 13.0 Å². The van der Waals surface area contributed by atoms with Crippen molar-refractivity contribution >= 4 is 32.8 Å². The monoisotopic (exact) mass is 353 g/mol. The topological polar surface area (TPSA) is 29.9 Å². The predicted octanol–water partition coefficient (Wildman–Crippen LogP) is 4.57. The standard InChI is InChI=1S/C18H16BrN3/c1-12-9-10-14-16(19)17(13-6-3-2-4-7-13)22(18(14)21-12)15-8-5-11-20-15/h2-4,6-10,20H,5,11H2,1H3. The van der Waals surface area contributed by atoms with Crippen LogP contribution in [0.3, 0.4) is 0 Å². The number of hydrogen-bond acceptors (Lipinski definition) is 2. The molecular formula is C18H16BrN3. The molecule has 3 heterocycles. The lowest BCUT2D eigenvalue weighted by Crippen LogP contribution is -2.13. The first kappa shape index (κ1) is 13.6. The molecule has 0 fully saturated rings. The highest BCUT2D eigenvalue weighted by atomic mass is 79.9. The molecule has 0 spiro atoms. The van der Waals surface area contributed by atoms with Crippen LogP contribution in [0.1, 0.15) is 12.1 Å². The lowest BCUT2D eigenvalue weighted by Gasteiger charge is -2.13. The van der Waals surface area contributed by atoms with Crippen molar-refractivity contribution < 1.29 is 0 Å². The smallest absolute Gasteiger partial charge is 0.147 e. The summed E-state index contributed by atoms with van der Waals surface area (Å²) in [6.07, 6.45) is 3.29. The Kier molecular flexibility index (Phi) is 3.26. The highest BCUT2D eigenvalue weighted by Gasteiger charge is 2.21. The molecule has 110 valence electrons. The molecule has 1 aromatic carbocycles. The Morgan fingerprint density at radius 1 is 1.14 bits per heavy atom. The van der Waals surface area contributed by atoms with Gasteiger partial charge in [-0.2, -0.15) is 0 Å². The summed E-state index contributed by atoms with van der Waals surface area (Å²) in [6, 6.07) is 14.6. The van der Waals surface area contributed by atoms with Gasteiger partial charge in [0.2, 0.25) is 0 Å². The molecule has 2 aromatic heterocycles. The molecular weight excluding hydrogens is 338 g/mol. The summed E-state index contributed by atoms with van der Waals surface area (Å²) in [5.41, 5.74) is 4.34. The fraction of sp³-hybridized carbons (Fsp3) is 0.167. The molecule has 0 saturated heterocycles. The van der Waals surface area contributed by atoms with Crippen LogP contribution < -0.4 is 5.32 Å². The summed E-state index contributed by atoms with van der Waals surface area (Å²) in [5, 5.41) is 4.61. The molecule has 0 saturated carbocycles. The summed E-state index contributed by atoms with van der Waals surface area (Å²) in [5.74, 6) is 1.12. The first-order valence-corrected chi connectivity index (χ1v) is 8.22. The van der Waals surface area contributed by atoms with E-state index in [1.165, 1.54) is 5.56 Å². The molecule has 0 bridgehead atoms. The van der Waals surface area contributed by atoms with Gasteiger partial charge in [-0.25, -0.2) is 4.98 Å². The van der Waals surface area contributed by atoms with Gasteiger partial charge in [-0.3, -0.25) is 4.57 Å². The Balaban J connectivity index is 2.10. The fourth-order valence-corrected chi connectivity index (χ4v) is 3.67. The van der Waals surface area contributed by atoms with Crippen molar-refractivity contribution in [2.75, 3.05) is 6.54 Å². The fourth-order valence-electron chi connectivity index (χ4n) is 2.95. The van der Waals surface area contributed by atoms with E-state index in [1.54, 1.807) is 0 Å². The van der Waals surface area contributed by atoms with Crippen molar-refractivity contribution in [1.29, 1.82) is 0 Å². The zero-order chi connectivity index (χ0) is 15.1. The van der Waals surface area contributed by atoms with Crippen LogP contribution in [-0.4, -0.2) is 16.1 Å². The number of pyridine rings is 1. The number of hydrogen-bond donors (Lipinski definition) is 1. The van der Waals surface area contributed by atoms with Crippen LogP contribution in [0.25, 0.3) is 28.1 Å². The summed E-state index contributed by atoms with van der Waals surface area (Å²) >= 11 is 3.80. The predicted molar refractivity (Wildman–Crippen MR) is 94.5 cm³/mol. The third-order valence-electron chi connectivity index (χ3n) is 3.97. The van der Waals surface area contributed by atoms with Gasteiger partial charge in [0.15, 0.2) is 0 Å². The minimum Gasteiger partial charge on any atom is -0.371 e. The largest absolute Gasteiger partial charge is 0.371 e. The lowest BCUT2D eigenvalue weighted by atomic mass is 10.1. The molecule has 0 unspecified atom stereocenters. The molecule has 3 aromatic rings. The van der Waals surface area contributed by atoms with Crippen LogP contribution in [0.15, 0.2) is 53.0 Å². The molecule has 1 N–H and O–H groups in total. The van der Waals surface area contributed by atoms with E-state index in [-0.39, 0.29) is 0 Å². The van der Waals surface area contributed by atoms with E-state index in [2.05, 4.69) is 68.3 Å². The number of rotatable bonds is 2. The highest BCUT2D eigenvalue weighted by Crippen LogP contribution is 2.39. The molecule has 0 atom stereocenters. The summed E-state index contributed by atoms with van der Waals surface area (Å²) in [4.78, 5) is 4.78. The first-order chi connectivity index (χ1) is 10.8. The molecule has 4 heteroatoms. The van der Waals surface area contributed by atoms with Gasteiger partial charge in [-0.1, -0.05) is 30.3 Å². The van der Waals surface area contributed by atoms with Crippen LogP contribution in [0.5, 0.6) is 0 Å². The second-order valence-electron chi connectivity index (χ2n) is 5.49. The minimum absolute atomic E-state index is 0.979. The molecule has 3 nitrogen and oxygen atoms in total. The number of benzene rings is 1. The maximum Gasteiger partial charge on any atom is 0.147 e. The quantitative estimate of drug-likeness (QED) is 0.731. The third-order valence-corrected chi connectivity index (χ3v) is 4.77. The molecule has 1 aliphatic rings. The van der Waals surface area contributed by atoms with E-state index in [4.69, 9.17) is 4.98 Å². The maximum atomic E-state index is 4.78. The Bertz CT molecular complexity index is 878. The van der Waals surface area contributed by atoms with Gasteiger partial charge in [0, 0.05) is 17.6 Å². The van der Waals surface area contributed by atoms with E-state index in [9.17, 15) is 0 Å². The molecule has 22 heavy (non-hydrogen) atoms. The van der Waals surface area contributed by atoms with Gasteiger partial charge in [0.25, 0.3) is 0 Å². The van der Waals surface area contributed by atoms with E-state index < -0.39 is 0 Å². The molecule has 0 radical (unpaired) electrons. The average Bonchev–Trinajstić information content (AvgIpc) is 3.14. The van der Waals surface area contributed by atoms with Crippen LogP contribution in [0.4, 0.5) is 0 Å². The van der Waals surface area contributed by atoms with Crippen molar-refractivity contribution in [1.82, 2.24) is 14.9 Å². The number of nitrogens with zero attached hydrogens (tertiary/aromatic N) is 2. The number of halogens is 1. The zero-order valence-electron chi connectivity index (χ0n) is 12.3. The molecule has 0 amide bonds. The van der Waals surface area contributed by atoms with Gasteiger partial charge in [-0.05, 0) is 53.0 Å². The number of aryl methyl sites for hydroxylation is 1. The van der Waals surface area contributed by atoms with Crippen molar-refractivity contribution in [3.05, 3.63) is 58.7 Å². The van der Waals surface area contributed by atoms with Crippen LogP contribution in [-0.2, 0) is 0 Å². The van der Waals surface area contributed by atoms with Gasteiger partial charge in [0.05, 0.1) is 10.2 Å². The molecule has 1 aliphatic heterocycles. The zero-order valence-corrected chi connectivity index (χ0v) is 13.9. The van der Waals surface area contributed by atoms with Crippen LogP contribution in [0.2, 0.25) is 0 Å². The van der Waals surface area contributed by atoms with Crippen molar-refractivity contribution in [3.63, 3.8) is 0 Å². The van der Waals surface area contributed by atoms with Gasteiger partial charge in [0.1, 0.15) is 11.5 Å². The van der Waals surface area contributed by atoms with E-state index in [0.717, 1.165) is 45.7 Å². The van der Waals surface area contributed by atoms with Crippen LogP contribution in [0, 0.1) is 6.92 Å². The summed E-state index contributed by atoms with van der Waals surface area (Å²) < 4.78 is 3.32. The normalized spacial score (nSPS) is 14.2. The Morgan fingerprint density at radius 2 is 1.95 bits per heavy atom. The van der Waals surface area contributed by atoms with Crippen molar-refractivity contribution in [3.8, 4) is 11.3 Å². The second kappa shape index (κ2) is 5.29. The number of nitrogens with one attached hydrogen (secondary N) is 1. The van der Waals surface area contributed by atoms with Crippen molar-refractivity contribution in [2.45, 2.75) is 13.3 Å². The Labute approximate surface area is 137 Å². The van der Waals surface area contributed by atoms with Crippen molar-refractivity contribution in [2.24, 2.45) is 0 Å². The summed E-state index contributed by atoms with van der Waals surface area (Å²) in [7, 11) is 0. The number of fused-ring (bicyclic) bond motifs is 1. The van der Waals surface area contributed by atoms with Crippen LogP contribution >= 0.6 is 15.9 Å². The molecule has 4 rings (SSSR count). The van der Waals surface area contributed by atoms with Gasteiger partial charge in [-0.15, -0.1) is 0 Å². The molecule has 0 aliphatic carbocycles. The van der Waals surface area contributed by atoms with E-state index in [0.29, 0.717) is 0 Å². The van der Waals surface area contributed by atoms with Gasteiger partial charge >= 0.3 is 0 Å². The lowest BCUT2D eigenvalue weighted by molar-refractivity contribution is 0.886. The Hall–Kier alpha value is -2.07. The second-order valence-corrected chi connectivity index (χ2v) is 6.29. The van der Waals surface area contributed by atoms with E-state index >= 15 is 0 Å². The highest BCUT2D eigenvalue weighted by molar-refractivity contribution is 9.10. The van der Waals surface area contributed by atoms with Gasteiger partial charge < -0.3 is 5.32 Å². The minimum atomic E-state index is 0.979. The maximum absolute atomic E-state index is 4.78. The SMILES string of the molecule is Cc1ccc2c(Br)c(-c3ccccc3)n(C3=CCCN3)c2n1. The first-order valence-electron chi connectivity index (χ1n) is 7.43.